The first-order valence-corrected chi connectivity index (χ1v) is 4.45. The fraction of sp³-hybridized carbons (Fsp3) is 0.400. The Bertz CT molecular complexity index is 302. The predicted molar refractivity (Wildman–Crippen MR) is 56.3 cm³/mol. The molecule has 0 heterocycles. The van der Waals surface area contributed by atoms with Crippen molar-refractivity contribution in [2.75, 3.05) is 26.4 Å². The van der Waals surface area contributed by atoms with Crippen LogP contribution >= 0.6 is 0 Å². The second kappa shape index (κ2) is 4.83. The minimum Gasteiger partial charge on any atom is -0.497 e. The van der Waals surface area contributed by atoms with Crippen LogP contribution in [0.4, 0.5) is 5.69 Å². The van der Waals surface area contributed by atoms with Crippen molar-refractivity contribution < 1.29 is 9.84 Å². The standard InChI is InChI=1S/C10H16N2O2/c1-12-6-10(13)8-5-7(14-2)3-4-9(8)11/h3-5,10,12-13H,6,11H2,1-2H3. The third-order valence-corrected chi connectivity index (χ3v) is 2.05. The van der Waals surface area contributed by atoms with Gasteiger partial charge >= 0.3 is 0 Å². The lowest BCUT2D eigenvalue weighted by Gasteiger charge is -2.13. The molecule has 4 N–H and O–H groups in total. The van der Waals surface area contributed by atoms with E-state index in [9.17, 15) is 5.11 Å². The van der Waals surface area contributed by atoms with Gasteiger partial charge in [0.05, 0.1) is 13.2 Å². The highest BCUT2D eigenvalue weighted by atomic mass is 16.5. The van der Waals surface area contributed by atoms with E-state index in [-0.39, 0.29) is 0 Å². The van der Waals surface area contributed by atoms with Crippen molar-refractivity contribution in [1.29, 1.82) is 0 Å². The van der Waals surface area contributed by atoms with Crippen molar-refractivity contribution in [2.45, 2.75) is 6.10 Å². The van der Waals surface area contributed by atoms with Gasteiger partial charge in [0.1, 0.15) is 5.75 Å². The van der Waals surface area contributed by atoms with Crippen LogP contribution in [0.2, 0.25) is 0 Å². The third kappa shape index (κ3) is 2.37. The molecule has 1 aromatic carbocycles. The molecule has 0 aliphatic carbocycles. The number of ether oxygens (including phenoxy) is 1. The number of aliphatic hydroxyl groups is 1. The van der Waals surface area contributed by atoms with E-state index >= 15 is 0 Å². The first kappa shape index (κ1) is 10.8. The van der Waals surface area contributed by atoms with Gasteiger partial charge < -0.3 is 20.9 Å². The molecule has 4 heteroatoms. The SMILES string of the molecule is CNCC(O)c1cc(OC)ccc1N. The molecule has 0 saturated heterocycles. The molecule has 1 unspecified atom stereocenters. The highest BCUT2D eigenvalue weighted by Crippen LogP contribution is 2.24. The van der Waals surface area contributed by atoms with Gasteiger partial charge in [-0.05, 0) is 25.2 Å². The van der Waals surface area contributed by atoms with Crippen molar-refractivity contribution in [3.8, 4) is 5.75 Å². The van der Waals surface area contributed by atoms with Gasteiger partial charge in [0.2, 0.25) is 0 Å². The summed E-state index contributed by atoms with van der Waals surface area (Å²) in [4.78, 5) is 0. The van der Waals surface area contributed by atoms with E-state index in [0.717, 1.165) is 0 Å². The number of hydrogen-bond donors (Lipinski definition) is 3. The van der Waals surface area contributed by atoms with Crippen molar-refractivity contribution in [3.63, 3.8) is 0 Å². The monoisotopic (exact) mass is 196 g/mol. The molecule has 4 nitrogen and oxygen atoms in total. The molecule has 0 bridgehead atoms. The Labute approximate surface area is 83.7 Å². The van der Waals surface area contributed by atoms with E-state index in [4.69, 9.17) is 10.5 Å². The van der Waals surface area contributed by atoms with Crippen LogP contribution in [0.5, 0.6) is 5.75 Å². The summed E-state index contributed by atoms with van der Waals surface area (Å²) in [5, 5.41) is 12.6. The maximum absolute atomic E-state index is 9.72. The van der Waals surface area contributed by atoms with E-state index in [0.29, 0.717) is 23.5 Å². The molecule has 14 heavy (non-hydrogen) atoms. The minimum absolute atomic E-state index is 0.470. The van der Waals surface area contributed by atoms with Gasteiger partial charge in [0.25, 0.3) is 0 Å². The number of nitrogens with two attached hydrogens (primary N) is 1. The van der Waals surface area contributed by atoms with Gasteiger partial charge in [-0.2, -0.15) is 0 Å². The fourth-order valence-electron chi connectivity index (χ4n) is 1.27. The van der Waals surface area contributed by atoms with Crippen molar-refractivity contribution >= 4 is 5.69 Å². The number of likely N-dealkylation sites (N-methyl/N-ethyl adjacent to an activating group) is 1. The molecular formula is C10H16N2O2. The Balaban J connectivity index is 2.93. The highest BCUT2D eigenvalue weighted by molar-refractivity contribution is 5.51. The average molecular weight is 196 g/mol. The summed E-state index contributed by atoms with van der Waals surface area (Å²) in [7, 11) is 3.36. The van der Waals surface area contributed by atoms with E-state index < -0.39 is 6.10 Å². The van der Waals surface area contributed by atoms with Gasteiger partial charge in [0.15, 0.2) is 0 Å². The topological polar surface area (TPSA) is 67.5 Å². The molecule has 1 atom stereocenters. The normalized spacial score (nSPS) is 12.5. The summed E-state index contributed by atoms with van der Waals surface area (Å²) in [5.74, 6) is 0.698. The van der Waals surface area contributed by atoms with Crippen molar-refractivity contribution in [1.82, 2.24) is 5.32 Å². The molecule has 0 aliphatic heterocycles. The lowest BCUT2D eigenvalue weighted by Crippen LogP contribution is -2.17. The van der Waals surface area contributed by atoms with Crippen LogP contribution < -0.4 is 15.8 Å². The van der Waals surface area contributed by atoms with Gasteiger partial charge in [-0.3, -0.25) is 0 Å². The maximum atomic E-state index is 9.72. The summed E-state index contributed by atoms with van der Waals surface area (Å²) in [6.45, 7) is 0.470. The second-order valence-electron chi connectivity index (χ2n) is 3.07. The number of aliphatic hydroxyl groups excluding tert-OH is 1. The number of methoxy groups -OCH3 is 1. The zero-order valence-electron chi connectivity index (χ0n) is 8.45. The van der Waals surface area contributed by atoms with Crippen LogP contribution in [-0.4, -0.2) is 25.8 Å². The first-order chi connectivity index (χ1) is 6.69. The van der Waals surface area contributed by atoms with Crippen LogP contribution in [0.3, 0.4) is 0 Å². The van der Waals surface area contributed by atoms with E-state index in [1.165, 1.54) is 0 Å². The summed E-state index contributed by atoms with van der Waals surface area (Å²) >= 11 is 0. The van der Waals surface area contributed by atoms with Crippen LogP contribution in [0.15, 0.2) is 18.2 Å². The quantitative estimate of drug-likeness (QED) is 0.614. The summed E-state index contributed by atoms with van der Waals surface area (Å²) in [5.41, 5.74) is 7.00. The third-order valence-electron chi connectivity index (χ3n) is 2.05. The molecular weight excluding hydrogens is 180 g/mol. The lowest BCUT2D eigenvalue weighted by atomic mass is 10.1. The predicted octanol–water partition coefficient (Wildman–Crippen LogP) is 0.530. The Morgan fingerprint density at radius 3 is 2.86 bits per heavy atom. The molecule has 0 fully saturated rings. The van der Waals surface area contributed by atoms with E-state index in [1.54, 1.807) is 32.4 Å². The summed E-state index contributed by atoms with van der Waals surface area (Å²) in [6.07, 6.45) is -0.602. The number of nitrogen functional groups attached to an aromatic ring is 1. The molecule has 0 aromatic heterocycles. The molecule has 1 rings (SSSR count). The molecule has 0 spiro atoms. The second-order valence-corrected chi connectivity index (χ2v) is 3.07. The van der Waals surface area contributed by atoms with Crippen molar-refractivity contribution in [2.24, 2.45) is 0 Å². The minimum atomic E-state index is -0.602. The van der Waals surface area contributed by atoms with Gasteiger partial charge in [0, 0.05) is 17.8 Å². The molecule has 1 aromatic rings. The zero-order valence-corrected chi connectivity index (χ0v) is 8.45. The number of hydrogen-bond acceptors (Lipinski definition) is 4. The van der Waals surface area contributed by atoms with Gasteiger partial charge in [-0.1, -0.05) is 0 Å². The number of nitrogens with one attached hydrogen (secondary N) is 1. The first-order valence-electron chi connectivity index (χ1n) is 4.45. The average Bonchev–Trinajstić information content (AvgIpc) is 2.19. The Hall–Kier alpha value is -1.26. The molecule has 0 amide bonds. The number of benzene rings is 1. The molecule has 0 radical (unpaired) electrons. The van der Waals surface area contributed by atoms with Crippen LogP contribution in [0, 0.1) is 0 Å². The molecule has 0 aliphatic rings. The van der Waals surface area contributed by atoms with E-state index in [1.807, 2.05) is 0 Å². The van der Waals surface area contributed by atoms with Gasteiger partial charge in [-0.25, -0.2) is 0 Å². The summed E-state index contributed by atoms with van der Waals surface area (Å²) in [6, 6.07) is 5.25. The van der Waals surface area contributed by atoms with Gasteiger partial charge in [-0.15, -0.1) is 0 Å². The maximum Gasteiger partial charge on any atom is 0.119 e. The lowest BCUT2D eigenvalue weighted by molar-refractivity contribution is 0.178. The Kier molecular flexibility index (Phi) is 3.73. The Morgan fingerprint density at radius 1 is 1.57 bits per heavy atom. The highest BCUT2D eigenvalue weighted by Gasteiger charge is 2.10. The smallest absolute Gasteiger partial charge is 0.119 e. The van der Waals surface area contributed by atoms with Crippen LogP contribution in [0.1, 0.15) is 11.7 Å². The van der Waals surface area contributed by atoms with E-state index in [2.05, 4.69) is 5.32 Å². The summed E-state index contributed by atoms with van der Waals surface area (Å²) < 4.78 is 5.05. The Morgan fingerprint density at radius 2 is 2.29 bits per heavy atom. The number of anilines is 1. The van der Waals surface area contributed by atoms with Crippen LogP contribution in [0.25, 0.3) is 0 Å². The molecule has 0 saturated carbocycles. The largest absolute Gasteiger partial charge is 0.497 e. The fourth-order valence-corrected chi connectivity index (χ4v) is 1.27. The number of rotatable bonds is 4. The van der Waals surface area contributed by atoms with Crippen molar-refractivity contribution in [3.05, 3.63) is 23.8 Å². The zero-order chi connectivity index (χ0) is 10.6. The van der Waals surface area contributed by atoms with Crippen LogP contribution in [-0.2, 0) is 0 Å². The molecule has 78 valence electrons.